The number of carbonyl (C=O) groups is 1. The lowest BCUT2D eigenvalue weighted by Gasteiger charge is -2.11. The highest BCUT2D eigenvalue weighted by atomic mass is 16.3. The fraction of sp³-hybridized carbons (Fsp3) is 0.0588. The van der Waals surface area contributed by atoms with E-state index in [1.54, 1.807) is 31.2 Å². The number of para-hydroxylation sites is 1. The second kappa shape index (κ2) is 5.37. The van der Waals surface area contributed by atoms with E-state index in [2.05, 4.69) is 5.10 Å². The average molecular weight is 294 g/mol. The number of phenolic OH excluding ortho intramolecular Hbond substituents is 2. The number of nitrogens with zero attached hydrogens (tertiary/aromatic N) is 2. The minimum absolute atomic E-state index is 0.0336. The summed E-state index contributed by atoms with van der Waals surface area (Å²) in [4.78, 5) is 12.5. The molecule has 5 nitrogen and oxygen atoms in total. The smallest absolute Gasteiger partial charge is 0.280 e. The first-order valence-corrected chi connectivity index (χ1v) is 6.75. The molecular weight excluding hydrogens is 280 g/mol. The number of rotatable bonds is 2. The molecule has 0 radical (unpaired) electrons. The van der Waals surface area contributed by atoms with Gasteiger partial charge in [0.25, 0.3) is 5.91 Å². The standard InChI is InChI=1S/C17H14N2O3/c1-11-15(9-12-7-8-14(20)10-16(12)21)17(22)19(18-11)13-5-3-2-4-6-13/h2-10,20-21H,1H3. The van der Waals surface area contributed by atoms with Gasteiger partial charge >= 0.3 is 0 Å². The van der Waals surface area contributed by atoms with Gasteiger partial charge in [0.1, 0.15) is 11.5 Å². The molecule has 0 unspecified atom stereocenters. The van der Waals surface area contributed by atoms with Gasteiger partial charge < -0.3 is 10.2 Å². The summed E-state index contributed by atoms with van der Waals surface area (Å²) in [5.41, 5.74) is 2.11. The summed E-state index contributed by atoms with van der Waals surface area (Å²) in [6, 6.07) is 13.4. The average Bonchev–Trinajstić information content (AvgIpc) is 2.79. The zero-order valence-corrected chi connectivity index (χ0v) is 11.9. The molecule has 2 aromatic carbocycles. The van der Waals surface area contributed by atoms with E-state index in [1.807, 2.05) is 18.2 Å². The van der Waals surface area contributed by atoms with E-state index in [0.717, 1.165) is 0 Å². The van der Waals surface area contributed by atoms with Crippen molar-refractivity contribution in [2.75, 3.05) is 5.01 Å². The Morgan fingerprint density at radius 3 is 2.50 bits per heavy atom. The number of aromatic hydroxyl groups is 2. The van der Waals surface area contributed by atoms with Gasteiger partial charge in [-0.05, 0) is 37.3 Å². The first kappa shape index (κ1) is 13.9. The molecule has 0 bridgehead atoms. The topological polar surface area (TPSA) is 73.1 Å². The number of hydrogen-bond donors (Lipinski definition) is 2. The SMILES string of the molecule is CC1=NN(c2ccccc2)C(=O)C1=Cc1ccc(O)cc1O. The van der Waals surface area contributed by atoms with Gasteiger partial charge in [-0.2, -0.15) is 10.1 Å². The van der Waals surface area contributed by atoms with Crippen LogP contribution in [0.1, 0.15) is 12.5 Å². The molecule has 0 saturated carbocycles. The van der Waals surface area contributed by atoms with Crippen molar-refractivity contribution >= 4 is 23.4 Å². The van der Waals surface area contributed by atoms with Gasteiger partial charge in [-0.1, -0.05) is 18.2 Å². The van der Waals surface area contributed by atoms with Crippen LogP contribution in [0.5, 0.6) is 11.5 Å². The van der Waals surface area contributed by atoms with E-state index >= 15 is 0 Å². The number of hydrogen-bond acceptors (Lipinski definition) is 4. The molecule has 0 spiro atoms. The van der Waals surface area contributed by atoms with Gasteiger partial charge in [-0.15, -0.1) is 0 Å². The Hall–Kier alpha value is -3.08. The summed E-state index contributed by atoms with van der Waals surface area (Å²) in [6.45, 7) is 1.74. The molecule has 2 aromatic rings. The molecule has 0 fully saturated rings. The van der Waals surface area contributed by atoms with E-state index in [9.17, 15) is 15.0 Å². The number of benzene rings is 2. The molecule has 1 heterocycles. The van der Waals surface area contributed by atoms with Crippen molar-refractivity contribution in [3.05, 3.63) is 59.7 Å². The first-order chi connectivity index (χ1) is 10.6. The third-order valence-electron chi connectivity index (χ3n) is 3.38. The molecule has 3 rings (SSSR count). The molecular formula is C17H14N2O3. The summed E-state index contributed by atoms with van der Waals surface area (Å²) < 4.78 is 0. The van der Waals surface area contributed by atoms with Crippen LogP contribution in [0, 0.1) is 0 Å². The summed E-state index contributed by atoms with van der Waals surface area (Å²) in [5.74, 6) is -0.379. The molecule has 1 amide bonds. The Kier molecular flexibility index (Phi) is 3.39. The number of phenols is 2. The summed E-state index contributed by atoms with van der Waals surface area (Å²) in [7, 11) is 0. The highest BCUT2D eigenvalue weighted by Crippen LogP contribution is 2.28. The Balaban J connectivity index is 1.98. The minimum atomic E-state index is -0.254. The Morgan fingerprint density at radius 1 is 1.09 bits per heavy atom. The lowest BCUT2D eigenvalue weighted by molar-refractivity contribution is -0.114. The number of carbonyl (C=O) groups excluding carboxylic acids is 1. The van der Waals surface area contributed by atoms with E-state index in [0.29, 0.717) is 22.5 Å². The lowest BCUT2D eigenvalue weighted by Crippen LogP contribution is -2.21. The molecule has 0 atom stereocenters. The van der Waals surface area contributed by atoms with Crippen LogP contribution in [0.3, 0.4) is 0 Å². The predicted octanol–water partition coefficient (Wildman–Crippen LogP) is 2.90. The zero-order chi connectivity index (χ0) is 15.7. The van der Waals surface area contributed by atoms with Crippen molar-refractivity contribution in [1.29, 1.82) is 0 Å². The second-order valence-electron chi connectivity index (χ2n) is 4.94. The third-order valence-corrected chi connectivity index (χ3v) is 3.38. The van der Waals surface area contributed by atoms with E-state index in [4.69, 9.17) is 0 Å². The van der Waals surface area contributed by atoms with Crippen molar-refractivity contribution in [3.63, 3.8) is 0 Å². The van der Waals surface area contributed by atoms with Gasteiger partial charge in [-0.25, -0.2) is 0 Å². The molecule has 0 saturated heterocycles. The number of hydrazone groups is 1. The summed E-state index contributed by atoms with van der Waals surface area (Å²) >= 11 is 0. The van der Waals surface area contributed by atoms with Crippen LogP contribution in [-0.2, 0) is 4.79 Å². The molecule has 0 aromatic heterocycles. The van der Waals surface area contributed by atoms with Gasteiger partial charge in [-0.3, -0.25) is 4.79 Å². The molecule has 22 heavy (non-hydrogen) atoms. The van der Waals surface area contributed by atoms with Crippen molar-refractivity contribution in [2.24, 2.45) is 5.10 Å². The second-order valence-corrected chi connectivity index (χ2v) is 4.94. The zero-order valence-electron chi connectivity index (χ0n) is 11.9. The number of amides is 1. The van der Waals surface area contributed by atoms with Crippen molar-refractivity contribution < 1.29 is 15.0 Å². The van der Waals surface area contributed by atoms with E-state index in [1.165, 1.54) is 17.1 Å². The summed E-state index contributed by atoms with van der Waals surface area (Å²) in [5, 5.41) is 24.7. The molecule has 1 aliphatic heterocycles. The van der Waals surface area contributed by atoms with Crippen molar-refractivity contribution in [2.45, 2.75) is 6.92 Å². The van der Waals surface area contributed by atoms with Crippen LogP contribution in [0.25, 0.3) is 6.08 Å². The van der Waals surface area contributed by atoms with Crippen LogP contribution < -0.4 is 5.01 Å². The Bertz CT molecular complexity index is 795. The van der Waals surface area contributed by atoms with Crippen LogP contribution in [0.4, 0.5) is 5.69 Å². The normalized spacial score (nSPS) is 16.2. The molecule has 0 aliphatic carbocycles. The lowest BCUT2D eigenvalue weighted by atomic mass is 10.1. The van der Waals surface area contributed by atoms with Gasteiger partial charge in [0.2, 0.25) is 0 Å². The Labute approximate surface area is 127 Å². The van der Waals surface area contributed by atoms with E-state index < -0.39 is 0 Å². The highest BCUT2D eigenvalue weighted by Gasteiger charge is 2.28. The van der Waals surface area contributed by atoms with Crippen LogP contribution >= 0.6 is 0 Å². The van der Waals surface area contributed by atoms with Gasteiger partial charge in [0, 0.05) is 11.6 Å². The fourth-order valence-corrected chi connectivity index (χ4v) is 2.24. The maximum Gasteiger partial charge on any atom is 0.280 e. The third kappa shape index (κ3) is 2.44. The fourth-order valence-electron chi connectivity index (χ4n) is 2.24. The quantitative estimate of drug-likeness (QED) is 0.836. The molecule has 2 N–H and O–H groups in total. The largest absolute Gasteiger partial charge is 0.508 e. The minimum Gasteiger partial charge on any atom is -0.508 e. The highest BCUT2D eigenvalue weighted by molar-refractivity contribution is 6.32. The van der Waals surface area contributed by atoms with E-state index in [-0.39, 0.29) is 17.4 Å². The van der Waals surface area contributed by atoms with Crippen molar-refractivity contribution in [3.8, 4) is 11.5 Å². The molecule has 110 valence electrons. The predicted molar refractivity (Wildman–Crippen MR) is 84.8 cm³/mol. The monoisotopic (exact) mass is 294 g/mol. The van der Waals surface area contributed by atoms with Crippen LogP contribution in [-0.4, -0.2) is 21.8 Å². The molecule has 5 heteroatoms. The Morgan fingerprint density at radius 2 is 1.82 bits per heavy atom. The van der Waals surface area contributed by atoms with Gasteiger partial charge in [0.05, 0.1) is 17.0 Å². The maximum absolute atomic E-state index is 12.5. The van der Waals surface area contributed by atoms with Gasteiger partial charge in [0.15, 0.2) is 0 Å². The number of anilines is 1. The maximum atomic E-state index is 12.5. The molecule has 1 aliphatic rings. The van der Waals surface area contributed by atoms with Crippen molar-refractivity contribution in [1.82, 2.24) is 0 Å². The first-order valence-electron chi connectivity index (χ1n) is 6.75. The van der Waals surface area contributed by atoms with Crippen LogP contribution in [0.15, 0.2) is 59.2 Å². The summed E-state index contributed by atoms with van der Waals surface area (Å²) in [6.07, 6.45) is 1.57. The van der Waals surface area contributed by atoms with Crippen LogP contribution in [0.2, 0.25) is 0 Å².